The number of rotatable bonds is 1. The van der Waals surface area contributed by atoms with Gasteiger partial charge in [0.15, 0.2) is 0 Å². The van der Waals surface area contributed by atoms with Crippen molar-refractivity contribution in [2.75, 3.05) is 0 Å². The van der Waals surface area contributed by atoms with E-state index in [4.69, 9.17) is 4.98 Å². The molecule has 0 fully saturated rings. The maximum Gasteiger partial charge on any atom is 0.137 e. The van der Waals surface area contributed by atoms with Crippen LogP contribution in [0, 0.1) is 20.8 Å². The van der Waals surface area contributed by atoms with E-state index in [1.807, 2.05) is 24.5 Å². The first-order valence-corrected chi connectivity index (χ1v) is 7.44. The standard InChI is InChI=1S/C19H17N3/c1-12-6-7-15-11-22-8-4-5-17(22)21-19(15)18(12)16-9-13(2)14(3)10-20-16/h4-11H,1-3H3. The zero-order valence-corrected chi connectivity index (χ0v) is 13.0. The summed E-state index contributed by atoms with van der Waals surface area (Å²) < 4.78 is 2.05. The quantitative estimate of drug-likeness (QED) is 0.517. The van der Waals surface area contributed by atoms with Crippen molar-refractivity contribution in [3.05, 3.63) is 65.6 Å². The van der Waals surface area contributed by atoms with Gasteiger partial charge in [0, 0.05) is 29.5 Å². The summed E-state index contributed by atoms with van der Waals surface area (Å²) in [4.78, 5) is 9.49. The molecule has 0 aliphatic rings. The molecule has 1 aromatic carbocycles. The average molecular weight is 287 g/mol. The van der Waals surface area contributed by atoms with Crippen molar-refractivity contribution in [1.82, 2.24) is 14.4 Å². The van der Waals surface area contributed by atoms with Crippen LogP contribution in [0.1, 0.15) is 16.7 Å². The van der Waals surface area contributed by atoms with Gasteiger partial charge in [0.05, 0.1) is 11.2 Å². The minimum absolute atomic E-state index is 0.961. The van der Waals surface area contributed by atoms with Gasteiger partial charge in [-0.2, -0.15) is 0 Å². The van der Waals surface area contributed by atoms with Gasteiger partial charge < -0.3 is 4.40 Å². The number of nitrogens with zero attached hydrogens (tertiary/aromatic N) is 3. The van der Waals surface area contributed by atoms with Crippen molar-refractivity contribution >= 4 is 16.6 Å². The minimum Gasteiger partial charge on any atom is -0.308 e. The summed E-state index contributed by atoms with van der Waals surface area (Å²) in [7, 11) is 0. The van der Waals surface area contributed by atoms with Crippen LogP contribution in [0.4, 0.5) is 0 Å². The number of hydrogen-bond donors (Lipinski definition) is 0. The summed E-state index contributed by atoms with van der Waals surface area (Å²) in [5.74, 6) is 0. The van der Waals surface area contributed by atoms with Gasteiger partial charge >= 0.3 is 0 Å². The van der Waals surface area contributed by atoms with Gasteiger partial charge in [0.1, 0.15) is 5.65 Å². The van der Waals surface area contributed by atoms with Crippen LogP contribution in [0.2, 0.25) is 0 Å². The summed E-state index contributed by atoms with van der Waals surface area (Å²) in [6, 6.07) is 10.5. The van der Waals surface area contributed by atoms with E-state index >= 15 is 0 Å². The van der Waals surface area contributed by atoms with E-state index in [0.29, 0.717) is 0 Å². The Morgan fingerprint density at radius 3 is 2.64 bits per heavy atom. The molecule has 0 saturated carbocycles. The van der Waals surface area contributed by atoms with Crippen molar-refractivity contribution in [2.45, 2.75) is 20.8 Å². The van der Waals surface area contributed by atoms with E-state index in [1.54, 1.807) is 0 Å². The molecule has 4 rings (SSSR count). The highest BCUT2D eigenvalue weighted by molar-refractivity contribution is 5.95. The van der Waals surface area contributed by atoms with E-state index in [1.165, 1.54) is 16.7 Å². The number of benzene rings is 1. The van der Waals surface area contributed by atoms with Crippen LogP contribution in [0.25, 0.3) is 27.8 Å². The number of fused-ring (bicyclic) bond motifs is 2. The highest BCUT2D eigenvalue weighted by Gasteiger charge is 2.12. The Hall–Kier alpha value is -2.68. The molecule has 0 aliphatic carbocycles. The maximum absolute atomic E-state index is 4.85. The summed E-state index contributed by atoms with van der Waals surface area (Å²) >= 11 is 0. The number of pyridine rings is 1. The normalized spacial score (nSPS) is 11.4. The third kappa shape index (κ3) is 1.90. The van der Waals surface area contributed by atoms with Crippen LogP contribution >= 0.6 is 0 Å². The lowest BCUT2D eigenvalue weighted by atomic mass is 9.99. The molecule has 3 nitrogen and oxygen atoms in total. The zero-order chi connectivity index (χ0) is 15.3. The van der Waals surface area contributed by atoms with Crippen molar-refractivity contribution in [3.8, 4) is 11.3 Å². The molecule has 22 heavy (non-hydrogen) atoms. The Labute approximate surface area is 129 Å². The van der Waals surface area contributed by atoms with Crippen LogP contribution in [0.5, 0.6) is 0 Å². The number of aromatic nitrogens is 3. The third-order valence-corrected chi connectivity index (χ3v) is 4.31. The molecular formula is C19H17N3. The lowest BCUT2D eigenvalue weighted by molar-refractivity contribution is 1.16. The number of aryl methyl sites for hydroxylation is 3. The first-order chi connectivity index (χ1) is 10.6. The highest BCUT2D eigenvalue weighted by Crippen LogP contribution is 2.30. The second-order valence-corrected chi connectivity index (χ2v) is 5.86. The molecule has 0 radical (unpaired) electrons. The van der Waals surface area contributed by atoms with E-state index in [2.05, 4.69) is 54.6 Å². The fourth-order valence-corrected chi connectivity index (χ4v) is 2.87. The molecule has 4 aromatic rings. The molecular weight excluding hydrogens is 270 g/mol. The van der Waals surface area contributed by atoms with Gasteiger partial charge in [-0.05, 0) is 55.7 Å². The van der Waals surface area contributed by atoms with Gasteiger partial charge in [-0.15, -0.1) is 0 Å². The second kappa shape index (κ2) is 4.67. The first-order valence-electron chi connectivity index (χ1n) is 7.44. The molecule has 0 N–H and O–H groups in total. The van der Waals surface area contributed by atoms with Gasteiger partial charge in [0.2, 0.25) is 0 Å². The van der Waals surface area contributed by atoms with Gasteiger partial charge in [-0.1, -0.05) is 12.1 Å². The average Bonchev–Trinajstić information content (AvgIpc) is 2.95. The topological polar surface area (TPSA) is 30.2 Å². The lowest BCUT2D eigenvalue weighted by Gasteiger charge is -2.11. The van der Waals surface area contributed by atoms with Crippen molar-refractivity contribution in [2.24, 2.45) is 0 Å². The SMILES string of the molecule is Cc1cnc(-c2c(C)ccc3cn4cccc4nc23)cc1C. The fraction of sp³-hybridized carbons (Fsp3) is 0.158. The van der Waals surface area contributed by atoms with E-state index in [0.717, 1.165) is 27.8 Å². The largest absolute Gasteiger partial charge is 0.308 e. The molecule has 0 amide bonds. The van der Waals surface area contributed by atoms with E-state index in [-0.39, 0.29) is 0 Å². The Morgan fingerprint density at radius 1 is 0.955 bits per heavy atom. The highest BCUT2D eigenvalue weighted by atomic mass is 15.0. The maximum atomic E-state index is 4.85. The van der Waals surface area contributed by atoms with Gasteiger partial charge in [-0.3, -0.25) is 4.98 Å². The fourth-order valence-electron chi connectivity index (χ4n) is 2.87. The molecule has 108 valence electrons. The Balaban J connectivity index is 2.10. The summed E-state index contributed by atoms with van der Waals surface area (Å²) in [5.41, 5.74) is 7.77. The smallest absolute Gasteiger partial charge is 0.137 e. The van der Waals surface area contributed by atoms with Gasteiger partial charge in [0.25, 0.3) is 0 Å². The van der Waals surface area contributed by atoms with Crippen molar-refractivity contribution < 1.29 is 0 Å². The summed E-state index contributed by atoms with van der Waals surface area (Å²) in [6.45, 7) is 6.33. The summed E-state index contributed by atoms with van der Waals surface area (Å²) in [6.07, 6.45) is 6.09. The Morgan fingerprint density at radius 2 is 1.82 bits per heavy atom. The molecule has 0 atom stereocenters. The van der Waals surface area contributed by atoms with Crippen LogP contribution in [0.3, 0.4) is 0 Å². The summed E-state index contributed by atoms with van der Waals surface area (Å²) in [5, 5.41) is 1.13. The molecule has 0 aliphatic heterocycles. The number of hydrogen-bond acceptors (Lipinski definition) is 2. The zero-order valence-electron chi connectivity index (χ0n) is 13.0. The van der Waals surface area contributed by atoms with Crippen LogP contribution in [-0.4, -0.2) is 14.4 Å². The molecule has 0 saturated heterocycles. The molecule has 0 bridgehead atoms. The predicted molar refractivity (Wildman–Crippen MR) is 90.1 cm³/mol. The van der Waals surface area contributed by atoms with Crippen LogP contribution < -0.4 is 0 Å². The predicted octanol–water partition coefficient (Wildman–Crippen LogP) is 4.47. The second-order valence-electron chi connectivity index (χ2n) is 5.86. The van der Waals surface area contributed by atoms with Crippen molar-refractivity contribution in [3.63, 3.8) is 0 Å². The third-order valence-electron chi connectivity index (χ3n) is 4.31. The molecule has 3 aromatic heterocycles. The van der Waals surface area contributed by atoms with Crippen molar-refractivity contribution in [1.29, 1.82) is 0 Å². The lowest BCUT2D eigenvalue weighted by Crippen LogP contribution is -1.95. The molecule has 3 heterocycles. The molecule has 0 spiro atoms. The Kier molecular flexibility index (Phi) is 2.76. The Bertz CT molecular complexity index is 1010. The van der Waals surface area contributed by atoms with E-state index in [9.17, 15) is 0 Å². The van der Waals surface area contributed by atoms with Gasteiger partial charge in [-0.25, -0.2) is 4.98 Å². The van der Waals surface area contributed by atoms with Crippen LogP contribution in [-0.2, 0) is 0 Å². The monoisotopic (exact) mass is 287 g/mol. The first kappa shape index (κ1) is 13.0. The van der Waals surface area contributed by atoms with Crippen LogP contribution in [0.15, 0.2) is 48.9 Å². The minimum atomic E-state index is 0.961. The molecule has 0 unspecified atom stereocenters. The molecule has 3 heteroatoms. The van der Waals surface area contributed by atoms with E-state index < -0.39 is 0 Å².